The molecule has 2 aliphatic heterocycles. The van der Waals surface area contributed by atoms with Gasteiger partial charge in [0.05, 0.1) is 17.6 Å². The number of hydrogen-bond acceptors (Lipinski definition) is 7. The van der Waals surface area contributed by atoms with Crippen LogP contribution in [0.3, 0.4) is 0 Å². The van der Waals surface area contributed by atoms with Crippen LogP contribution in [-0.4, -0.2) is 50.3 Å². The lowest BCUT2D eigenvalue weighted by Gasteiger charge is -2.42. The van der Waals surface area contributed by atoms with E-state index in [9.17, 15) is 18.0 Å². The molecular formula is C27H37N3O5S2. The van der Waals surface area contributed by atoms with Crippen molar-refractivity contribution in [3.05, 3.63) is 45.8 Å². The Morgan fingerprint density at radius 3 is 2.24 bits per heavy atom. The Bertz CT molecular complexity index is 1300. The summed E-state index contributed by atoms with van der Waals surface area (Å²) in [7, 11) is -2.31. The maximum absolute atomic E-state index is 13.2. The largest absolute Gasteiger partial charge is 0.465 e. The highest BCUT2D eigenvalue weighted by Gasteiger charge is 2.42. The van der Waals surface area contributed by atoms with Crippen LogP contribution in [0.15, 0.2) is 29.2 Å². The number of thiophene rings is 1. The van der Waals surface area contributed by atoms with E-state index in [1.54, 1.807) is 0 Å². The molecule has 4 rings (SSSR count). The Balaban J connectivity index is 1.61. The molecule has 0 radical (unpaired) electrons. The summed E-state index contributed by atoms with van der Waals surface area (Å²) in [4.78, 5) is 27.1. The van der Waals surface area contributed by atoms with Gasteiger partial charge in [0.15, 0.2) is 0 Å². The van der Waals surface area contributed by atoms with Crippen LogP contribution in [0, 0.1) is 11.8 Å². The number of fused-ring (bicyclic) bond motifs is 1. The van der Waals surface area contributed by atoms with E-state index < -0.39 is 27.4 Å². The molecule has 1 amide bonds. The number of esters is 1. The van der Waals surface area contributed by atoms with Gasteiger partial charge in [-0.25, -0.2) is 13.2 Å². The van der Waals surface area contributed by atoms with Crippen LogP contribution < -0.4 is 10.6 Å². The third-order valence-corrected chi connectivity index (χ3v) is 10.4. The molecule has 0 aliphatic carbocycles. The lowest BCUT2D eigenvalue weighted by Crippen LogP contribution is -2.55. The monoisotopic (exact) mass is 547 g/mol. The zero-order valence-corrected chi connectivity index (χ0v) is 24.2. The molecule has 1 aromatic heterocycles. The molecule has 2 unspecified atom stereocenters. The zero-order valence-electron chi connectivity index (χ0n) is 22.6. The molecule has 2 aromatic rings. The van der Waals surface area contributed by atoms with E-state index >= 15 is 0 Å². The summed E-state index contributed by atoms with van der Waals surface area (Å²) in [5, 5.41) is 6.93. The molecule has 2 atom stereocenters. The Kier molecular flexibility index (Phi) is 7.35. The first kappa shape index (κ1) is 27.8. The van der Waals surface area contributed by atoms with E-state index in [1.807, 2.05) is 0 Å². The minimum absolute atomic E-state index is 0.169. The van der Waals surface area contributed by atoms with Crippen LogP contribution in [0.1, 0.15) is 79.1 Å². The Morgan fingerprint density at radius 1 is 1.08 bits per heavy atom. The third kappa shape index (κ3) is 5.48. The highest BCUT2D eigenvalue weighted by atomic mass is 32.2. The van der Waals surface area contributed by atoms with E-state index in [2.05, 4.69) is 52.2 Å². The van der Waals surface area contributed by atoms with Crippen LogP contribution in [-0.2, 0) is 26.7 Å². The van der Waals surface area contributed by atoms with Crippen molar-refractivity contribution >= 4 is 38.2 Å². The smallest absolute Gasteiger partial charge is 0.341 e. The first-order valence-electron chi connectivity index (χ1n) is 12.6. The van der Waals surface area contributed by atoms with Crippen molar-refractivity contribution in [2.24, 2.45) is 11.8 Å². The standard InChI is InChI=1S/C27H37N3O5S2/c1-16-12-17(2)15-30(14-16)37(33,34)19-10-8-18(9-11-19)23(31)28-24-21(25(32)35-7)20-13-26(3,4)29-27(5,6)22(20)36-24/h8-11,16-17,29H,12-15H2,1-7H3,(H,28,31). The maximum atomic E-state index is 13.2. The van der Waals surface area contributed by atoms with E-state index in [-0.39, 0.29) is 10.4 Å². The number of amides is 1. The molecule has 202 valence electrons. The second-order valence-corrected chi connectivity index (χ2v) is 14.6. The molecule has 1 saturated heterocycles. The molecule has 0 spiro atoms. The third-order valence-electron chi connectivity index (χ3n) is 7.05. The van der Waals surface area contributed by atoms with Crippen LogP contribution in [0.5, 0.6) is 0 Å². The number of piperidine rings is 1. The van der Waals surface area contributed by atoms with Gasteiger partial charge in [0.1, 0.15) is 5.00 Å². The number of anilines is 1. The summed E-state index contributed by atoms with van der Waals surface area (Å²) >= 11 is 1.37. The molecule has 2 N–H and O–H groups in total. The van der Waals surface area contributed by atoms with Crippen molar-refractivity contribution in [2.45, 2.75) is 70.4 Å². The van der Waals surface area contributed by atoms with Crippen LogP contribution in [0.4, 0.5) is 5.00 Å². The molecule has 1 fully saturated rings. The number of nitrogens with one attached hydrogen (secondary N) is 2. The average molecular weight is 548 g/mol. The van der Waals surface area contributed by atoms with Crippen LogP contribution in [0.2, 0.25) is 0 Å². The number of rotatable bonds is 5. The van der Waals surface area contributed by atoms with Gasteiger partial charge in [-0.3, -0.25) is 4.79 Å². The van der Waals surface area contributed by atoms with Gasteiger partial charge in [-0.1, -0.05) is 13.8 Å². The fraction of sp³-hybridized carbons (Fsp3) is 0.556. The molecule has 1 aromatic carbocycles. The van der Waals surface area contributed by atoms with E-state index in [0.29, 0.717) is 47.5 Å². The molecule has 8 nitrogen and oxygen atoms in total. The van der Waals surface area contributed by atoms with Gasteiger partial charge >= 0.3 is 5.97 Å². The number of methoxy groups -OCH3 is 1. The SMILES string of the molecule is COC(=O)c1c(NC(=O)c2ccc(S(=O)(=O)N3CC(C)CC(C)C3)cc2)sc2c1CC(C)(C)NC2(C)C. The zero-order chi connectivity index (χ0) is 27.3. The summed E-state index contributed by atoms with van der Waals surface area (Å²) in [5.41, 5.74) is 0.928. The van der Waals surface area contributed by atoms with Gasteiger partial charge < -0.3 is 15.4 Å². The molecule has 3 heterocycles. The van der Waals surface area contributed by atoms with Gasteiger partial charge in [0.25, 0.3) is 5.91 Å². The second-order valence-electron chi connectivity index (χ2n) is 11.7. The number of nitrogens with zero attached hydrogens (tertiary/aromatic N) is 1. The molecule has 0 saturated carbocycles. The fourth-order valence-corrected chi connectivity index (χ4v) is 8.78. The van der Waals surface area contributed by atoms with Crippen LogP contribution in [0.25, 0.3) is 0 Å². The van der Waals surface area contributed by atoms with E-state index in [4.69, 9.17) is 4.74 Å². The van der Waals surface area contributed by atoms with E-state index in [0.717, 1.165) is 16.9 Å². The number of benzene rings is 1. The number of sulfonamides is 1. The number of ether oxygens (including phenoxy) is 1. The topological polar surface area (TPSA) is 105 Å². The predicted molar refractivity (Wildman–Crippen MR) is 146 cm³/mol. The molecule has 37 heavy (non-hydrogen) atoms. The fourth-order valence-electron chi connectivity index (χ4n) is 5.84. The van der Waals surface area contributed by atoms with Crippen molar-refractivity contribution < 1.29 is 22.7 Å². The minimum atomic E-state index is -3.64. The summed E-state index contributed by atoms with van der Waals surface area (Å²) < 4.78 is 33.0. The minimum Gasteiger partial charge on any atom is -0.465 e. The number of carbonyl (C=O) groups excluding carboxylic acids is 2. The van der Waals surface area contributed by atoms with Crippen molar-refractivity contribution in [2.75, 3.05) is 25.5 Å². The molecule has 2 aliphatic rings. The van der Waals surface area contributed by atoms with Crippen LogP contribution >= 0.6 is 11.3 Å². The number of carbonyl (C=O) groups is 2. The molecule has 10 heteroatoms. The maximum Gasteiger partial charge on any atom is 0.341 e. The van der Waals surface area contributed by atoms with Crippen molar-refractivity contribution in [3.8, 4) is 0 Å². The molecular weight excluding hydrogens is 510 g/mol. The lowest BCUT2D eigenvalue weighted by molar-refractivity contribution is 0.0600. The summed E-state index contributed by atoms with van der Waals surface area (Å²) in [5.74, 6) is -0.310. The van der Waals surface area contributed by atoms with Gasteiger partial charge in [-0.2, -0.15) is 4.31 Å². The first-order valence-corrected chi connectivity index (χ1v) is 14.9. The Hall–Kier alpha value is -2.27. The van der Waals surface area contributed by atoms with Gasteiger partial charge in [0.2, 0.25) is 10.0 Å². The Morgan fingerprint density at radius 2 is 1.68 bits per heavy atom. The first-order chi connectivity index (χ1) is 17.1. The highest BCUT2D eigenvalue weighted by molar-refractivity contribution is 7.89. The van der Waals surface area contributed by atoms with Crippen molar-refractivity contribution in [1.29, 1.82) is 0 Å². The van der Waals surface area contributed by atoms with E-state index in [1.165, 1.54) is 47.0 Å². The lowest BCUT2D eigenvalue weighted by atomic mass is 9.81. The number of hydrogen-bond donors (Lipinski definition) is 2. The predicted octanol–water partition coefficient (Wildman–Crippen LogP) is 4.61. The highest BCUT2D eigenvalue weighted by Crippen LogP contribution is 2.45. The Labute approximate surface area is 223 Å². The average Bonchev–Trinajstić information content (AvgIpc) is 3.15. The second kappa shape index (κ2) is 9.80. The summed E-state index contributed by atoms with van der Waals surface area (Å²) in [6, 6.07) is 5.98. The normalized spacial score (nSPS) is 23.2. The summed E-state index contributed by atoms with van der Waals surface area (Å²) in [6.45, 7) is 13.4. The molecule has 0 bridgehead atoms. The van der Waals surface area contributed by atoms with Gasteiger partial charge in [-0.15, -0.1) is 11.3 Å². The van der Waals surface area contributed by atoms with Gasteiger partial charge in [-0.05, 0) is 82.2 Å². The van der Waals surface area contributed by atoms with Crippen molar-refractivity contribution in [3.63, 3.8) is 0 Å². The van der Waals surface area contributed by atoms with Crippen molar-refractivity contribution in [1.82, 2.24) is 9.62 Å². The summed E-state index contributed by atoms with van der Waals surface area (Å²) in [6.07, 6.45) is 1.62. The quantitative estimate of drug-likeness (QED) is 0.530. The van der Waals surface area contributed by atoms with Gasteiger partial charge in [0, 0.05) is 34.6 Å².